The summed E-state index contributed by atoms with van der Waals surface area (Å²) < 4.78 is 33.2. The molecule has 0 amide bonds. The summed E-state index contributed by atoms with van der Waals surface area (Å²) in [5, 5.41) is 0. The van der Waals surface area contributed by atoms with Gasteiger partial charge in [0, 0.05) is 12.2 Å². The lowest BCUT2D eigenvalue weighted by molar-refractivity contribution is 0.0167. The minimum atomic E-state index is -0.654. The van der Waals surface area contributed by atoms with Crippen LogP contribution in [0.4, 0.5) is 8.78 Å². The maximum absolute atomic E-state index is 13.8. The monoisotopic (exact) mass is 256 g/mol. The van der Waals surface area contributed by atoms with E-state index in [0.717, 1.165) is 12.8 Å². The lowest BCUT2D eigenvalue weighted by Crippen LogP contribution is -2.40. The van der Waals surface area contributed by atoms with Crippen LogP contribution in [-0.4, -0.2) is 12.7 Å². The highest BCUT2D eigenvalue weighted by Gasteiger charge is 2.39. The highest BCUT2D eigenvalue weighted by atomic mass is 19.1. The van der Waals surface area contributed by atoms with Gasteiger partial charge < -0.3 is 4.74 Å². The van der Waals surface area contributed by atoms with Gasteiger partial charge in [-0.3, -0.25) is 11.3 Å². The van der Waals surface area contributed by atoms with Crippen molar-refractivity contribution in [2.75, 3.05) is 6.61 Å². The molecule has 0 radical (unpaired) electrons. The van der Waals surface area contributed by atoms with E-state index >= 15 is 0 Å². The molecule has 2 unspecified atom stereocenters. The van der Waals surface area contributed by atoms with Crippen molar-refractivity contribution < 1.29 is 13.5 Å². The number of hydrazine groups is 1. The van der Waals surface area contributed by atoms with Crippen LogP contribution in [0.3, 0.4) is 0 Å². The molecule has 2 atom stereocenters. The summed E-state index contributed by atoms with van der Waals surface area (Å²) in [6, 6.07) is 3.16. The van der Waals surface area contributed by atoms with Gasteiger partial charge in [0.1, 0.15) is 11.6 Å². The summed E-state index contributed by atoms with van der Waals surface area (Å²) in [6.07, 6.45) is 1.74. The normalized spacial score (nSPS) is 18.7. The number of benzene rings is 1. The molecule has 0 heterocycles. The molecular weight excluding hydrogens is 238 g/mol. The summed E-state index contributed by atoms with van der Waals surface area (Å²) in [7, 11) is 0. The van der Waals surface area contributed by atoms with Crippen molar-refractivity contribution in [3.8, 4) is 0 Å². The van der Waals surface area contributed by atoms with Crippen LogP contribution in [0.25, 0.3) is 0 Å². The standard InChI is InChI=1S/C13H18F2N2O/c1-2-18-13(8-6-7-8)12(17-16)11-9(14)4-3-5-10(11)15/h3-5,8,12-13,17H,2,6-7,16H2,1H3. The molecule has 1 aromatic carbocycles. The first kappa shape index (κ1) is 13.4. The van der Waals surface area contributed by atoms with Crippen molar-refractivity contribution >= 4 is 0 Å². The first-order valence-electron chi connectivity index (χ1n) is 6.20. The van der Waals surface area contributed by atoms with Crippen LogP contribution >= 0.6 is 0 Å². The van der Waals surface area contributed by atoms with Crippen molar-refractivity contribution in [2.45, 2.75) is 31.9 Å². The smallest absolute Gasteiger partial charge is 0.131 e. The second-order valence-electron chi connectivity index (χ2n) is 4.54. The zero-order chi connectivity index (χ0) is 13.1. The minimum Gasteiger partial charge on any atom is -0.376 e. The Hall–Kier alpha value is -1.04. The molecular formula is C13H18F2N2O. The van der Waals surface area contributed by atoms with E-state index in [4.69, 9.17) is 10.6 Å². The van der Waals surface area contributed by atoms with Gasteiger partial charge in [0.25, 0.3) is 0 Å². The third kappa shape index (κ3) is 2.68. The van der Waals surface area contributed by atoms with Crippen molar-refractivity contribution in [1.29, 1.82) is 0 Å². The topological polar surface area (TPSA) is 47.3 Å². The van der Waals surface area contributed by atoms with Gasteiger partial charge in [-0.15, -0.1) is 0 Å². The first-order valence-corrected chi connectivity index (χ1v) is 6.20. The number of ether oxygens (including phenoxy) is 1. The number of halogens is 2. The molecule has 0 spiro atoms. The molecule has 1 fully saturated rings. The van der Waals surface area contributed by atoms with Crippen LogP contribution in [-0.2, 0) is 4.74 Å². The molecule has 1 aromatic rings. The fourth-order valence-electron chi connectivity index (χ4n) is 2.27. The van der Waals surface area contributed by atoms with Crippen molar-refractivity contribution in [3.05, 3.63) is 35.4 Å². The van der Waals surface area contributed by atoms with Gasteiger partial charge in [-0.05, 0) is 37.8 Å². The predicted molar refractivity (Wildman–Crippen MR) is 64.6 cm³/mol. The molecule has 1 saturated carbocycles. The van der Waals surface area contributed by atoms with Crippen molar-refractivity contribution in [2.24, 2.45) is 11.8 Å². The molecule has 3 nitrogen and oxygen atoms in total. The Bertz CT molecular complexity index is 390. The summed E-state index contributed by atoms with van der Waals surface area (Å²) in [6.45, 7) is 2.36. The Kier molecular flexibility index (Phi) is 4.27. The SMILES string of the molecule is CCOC(C1CC1)C(NN)c1c(F)cccc1F. The van der Waals surface area contributed by atoms with Gasteiger partial charge in [-0.1, -0.05) is 6.07 Å². The lowest BCUT2D eigenvalue weighted by Gasteiger charge is -2.27. The van der Waals surface area contributed by atoms with Gasteiger partial charge >= 0.3 is 0 Å². The summed E-state index contributed by atoms with van der Waals surface area (Å²) in [5.74, 6) is 4.61. The molecule has 5 heteroatoms. The largest absolute Gasteiger partial charge is 0.376 e. The van der Waals surface area contributed by atoms with E-state index in [2.05, 4.69) is 5.43 Å². The Morgan fingerprint density at radius 2 is 2.00 bits per heavy atom. The molecule has 0 aliphatic heterocycles. The molecule has 100 valence electrons. The van der Waals surface area contributed by atoms with E-state index in [1.807, 2.05) is 6.92 Å². The Morgan fingerprint density at radius 1 is 1.39 bits per heavy atom. The van der Waals surface area contributed by atoms with Crippen LogP contribution in [0.15, 0.2) is 18.2 Å². The third-order valence-electron chi connectivity index (χ3n) is 3.26. The second kappa shape index (κ2) is 5.73. The molecule has 1 aliphatic rings. The Labute approximate surface area is 105 Å². The van der Waals surface area contributed by atoms with Gasteiger partial charge in [-0.25, -0.2) is 8.78 Å². The molecule has 1 aliphatic carbocycles. The highest BCUT2D eigenvalue weighted by molar-refractivity contribution is 5.25. The highest BCUT2D eigenvalue weighted by Crippen LogP contribution is 2.40. The zero-order valence-electron chi connectivity index (χ0n) is 10.3. The maximum Gasteiger partial charge on any atom is 0.131 e. The molecule has 18 heavy (non-hydrogen) atoms. The second-order valence-corrected chi connectivity index (χ2v) is 4.54. The third-order valence-corrected chi connectivity index (χ3v) is 3.26. The van der Waals surface area contributed by atoms with Crippen LogP contribution in [0.5, 0.6) is 0 Å². The lowest BCUT2D eigenvalue weighted by atomic mass is 9.97. The number of hydrogen-bond donors (Lipinski definition) is 2. The van der Waals surface area contributed by atoms with E-state index < -0.39 is 17.7 Å². The van der Waals surface area contributed by atoms with Crippen LogP contribution < -0.4 is 11.3 Å². The Morgan fingerprint density at radius 3 is 2.44 bits per heavy atom. The van der Waals surface area contributed by atoms with Gasteiger partial charge in [0.15, 0.2) is 0 Å². The number of hydrogen-bond acceptors (Lipinski definition) is 3. The van der Waals surface area contributed by atoms with Gasteiger partial charge in [0.05, 0.1) is 12.1 Å². The Balaban J connectivity index is 2.31. The number of nitrogens with two attached hydrogens (primary N) is 1. The van der Waals surface area contributed by atoms with E-state index in [-0.39, 0.29) is 11.7 Å². The van der Waals surface area contributed by atoms with Crippen molar-refractivity contribution in [1.82, 2.24) is 5.43 Å². The first-order chi connectivity index (χ1) is 8.69. The predicted octanol–water partition coefficient (Wildman–Crippen LogP) is 2.28. The molecule has 2 rings (SSSR count). The summed E-state index contributed by atoms with van der Waals surface area (Å²) in [5.41, 5.74) is 2.46. The van der Waals surface area contributed by atoms with E-state index in [1.54, 1.807) is 0 Å². The summed E-state index contributed by atoms with van der Waals surface area (Å²) in [4.78, 5) is 0. The number of rotatable bonds is 6. The molecule has 0 saturated heterocycles. The molecule has 0 bridgehead atoms. The average Bonchev–Trinajstić information content (AvgIpc) is 3.16. The van der Waals surface area contributed by atoms with E-state index in [9.17, 15) is 8.78 Å². The minimum absolute atomic E-state index is 0.0367. The fraction of sp³-hybridized carbons (Fsp3) is 0.538. The fourth-order valence-corrected chi connectivity index (χ4v) is 2.27. The van der Waals surface area contributed by atoms with Crippen molar-refractivity contribution in [3.63, 3.8) is 0 Å². The molecule has 0 aromatic heterocycles. The summed E-state index contributed by atoms with van der Waals surface area (Å²) >= 11 is 0. The van der Waals surface area contributed by atoms with Crippen LogP contribution in [0.2, 0.25) is 0 Å². The zero-order valence-corrected chi connectivity index (χ0v) is 10.3. The van der Waals surface area contributed by atoms with Gasteiger partial charge in [-0.2, -0.15) is 0 Å². The van der Waals surface area contributed by atoms with Crippen LogP contribution in [0, 0.1) is 17.6 Å². The van der Waals surface area contributed by atoms with Crippen LogP contribution in [0.1, 0.15) is 31.4 Å². The van der Waals surface area contributed by atoms with E-state index in [0.29, 0.717) is 12.5 Å². The molecule has 3 N–H and O–H groups in total. The quantitative estimate of drug-likeness (QED) is 0.606. The maximum atomic E-state index is 13.8. The number of nitrogens with one attached hydrogen (secondary N) is 1. The van der Waals surface area contributed by atoms with E-state index in [1.165, 1.54) is 18.2 Å². The average molecular weight is 256 g/mol. The van der Waals surface area contributed by atoms with Gasteiger partial charge in [0.2, 0.25) is 0 Å².